The van der Waals surface area contributed by atoms with Crippen LogP contribution in [0, 0.1) is 0 Å². The highest BCUT2D eigenvalue weighted by Gasteiger charge is 2.02. The van der Waals surface area contributed by atoms with Gasteiger partial charge in [0.05, 0.1) is 5.51 Å². The molecule has 0 atom stereocenters. The normalized spacial score (nSPS) is 11.2. The highest BCUT2D eigenvalue weighted by Crippen LogP contribution is 2.20. The number of nitrogens with zero attached hydrogens (tertiary/aromatic N) is 2. The Morgan fingerprint density at radius 3 is 2.92 bits per heavy atom. The van der Waals surface area contributed by atoms with E-state index in [1.165, 1.54) is 5.56 Å². The van der Waals surface area contributed by atoms with Gasteiger partial charge in [0.15, 0.2) is 0 Å². The van der Waals surface area contributed by atoms with Crippen molar-refractivity contribution in [2.24, 2.45) is 0 Å². The van der Waals surface area contributed by atoms with Gasteiger partial charge < -0.3 is 0 Å². The Labute approximate surface area is 75.3 Å². The van der Waals surface area contributed by atoms with Gasteiger partial charge in [0.25, 0.3) is 0 Å². The van der Waals surface area contributed by atoms with Crippen LogP contribution in [-0.2, 0) is 0 Å². The number of hydrogen-bond donors (Lipinski definition) is 0. The monoisotopic (exact) mass is 178 g/mol. The number of pyridine rings is 1. The molecule has 2 heterocycles. The second-order valence-corrected chi connectivity index (χ2v) is 3.93. The molecule has 2 nitrogen and oxygen atoms in total. The quantitative estimate of drug-likeness (QED) is 0.671. The summed E-state index contributed by atoms with van der Waals surface area (Å²) in [5.74, 6) is 0.531. The van der Waals surface area contributed by atoms with Crippen LogP contribution in [0.15, 0.2) is 17.8 Å². The van der Waals surface area contributed by atoms with Crippen LogP contribution in [0.2, 0.25) is 0 Å². The fourth-order valence-electron chi connectivity index (χ4n) is 1.09. The maximum atomic E-state index is 4.32. The molecule has 0 aromatic carbocycles. The van der Waals surface area contributed by atoms with Crippen LogP contribution in [0.25, 0.3) is 10.3 Å². The lowest BCUT2D eigenvalue weighted by Crippen LogP contribution is -1.87. The molecule has 0 unspecified atom stereocenters. The second kappa shape index (κ2) is 2.83. The Kier molecular flexibility index (Phi) is 1.81. The lowest BCUT2D eigenvalue weighted by Gasteiger charge is -2.02. The van der Waals surface area contributed by atoms with Gasteiger partial charge in [0.2, 0.25) is 0 Å². The van der Waals surface area contributed by atoms with Gasteiger partial charge in [-0.15, -0.1) is 11.3 Å². The number of fused-ring (bicyclic) bond motifs is 1. The van der Waals surface area contributed by atoms with E-state index in [1.54, 1.807) is 11.3 Å². The molecule has 0 N–H and O–H groups in total. The molecule has 0 saturated heterocycles. The van der Waals surface area contributed by atoms with Crippen LogP contribution >= 0.6 is 11.3 Å². The summed E-state index contributed by atoms with van der Waals surface area (Å²) in [6.07, 6.45) is 1.94. The standard InChI is InChI=1S/C9H10N2S/c1-6(2)7-3-8-9(10-4-7)12-5-11-8/h3-6H,1-2H3. The van der Waals surface area contributed by atoms with Crippen molar-refractivity contribution in [3.05, 3.63) is 23.3 Å². The SMILES string of the molecule is CC(C)c1cnc2scnc2c1. The predicted octanol–water partition coefficient (Wildman–Crippen LogP) is 2.81. The number of hydrogen-bond acceptors (Lipinski definition) is 3. The molecule has 0 radical (unpaired) electrons. The van der Waals surface area contributed by atoms with Gasteiger partial charge in [-0.1, -0.05) is 13.8 Å². The average Bonchev–Trinajstić information content (AvgIpc) is 2.49. The third kappa shape index (κ3) is 1.20. The fraction of sp³-hybridized carbons (Fsp3) is 0.333. The highest BCUT2D eigenvalue weighted by molar-refractivity contribution is 7.16. The molecule has 3 heteroatoms. The molecule has 0 aliphatic carbocycles. The molecule has 0 bridgehead atoms. The van der Waals surface area contributed by atoms with E-state index < -0.39 is 0 Å². The molecule has 0 spiro atoms. The Balaban J connectivity index is 2.60. The molecule has 0 fully saturated rings. The third-order valence-electron chi connectivity index (χ3n) is 1.88. The first-order valence-corrected chi connectivity index (χ1v) is 4.84. The molecule has 0 aliphatic rings. The highest BCUT2D eigenvalue weighted by atomic mass is 32.1. The molecule has 2 aromatic heterocycles. The summed E-state index contributed by atoms with van der Waals surface area (Å²) in [5.41, 5.74) is 4.11. The number of thiazole rings is 1. The van der Waals surface area contributed by atoms with Gasteiger partial charge in [-0.2, -0.15) is 0 Å². The van der Waals surface area contributed by atoms with Crippen LogP contribution in [0.1, 0.15) is 25.3 Å². The minimum atomic E-state index is 0.531. The first kappa shape index (κ1) is 7.68. The maximum absolute atomic E-state index is 4.32. The lowest BCUT2D eigenvalue weighted by molar-refractivity contribution is 0.862. The average molecular weight is 178 g/mol. The molecule has 0 amide bonds. The van der Waals surface area contributed by atoms with E-state index in [-0.39, 0.29) is 0 Å². The predicted molar refractivity (Wildman–Crippen MR) is 51.5 cm³/mol. The van der Waals surface area contributed by atoms with Crippen molar-refractivity contribution in [2.75, 3.05) is 0 Å². The molecular formula is C9H10N2S. The first-order valence-electron chi connectivity index (χ1n) is 3.96. The van der Waals surface area contributed by atoms with Crippen molar-refractivity contribution < 1.29 is 0 Å². The molecule has 2 aromatic rings. The van der Waals surface area contributed by atoms with Gasteiger partial charge in [-0.05, 0) is 17.5 Å². The molecule has 0 aliphatic heterocycles. The minimum absolute atomic E-state index is 0.531. The van der Waals surface area contributed by atoms with Crippen LogP contribution in [-0.4, -0.2) is 9.97 Å². The zero-order valence-electron chi connectivity index (χ0n) is 7.11. The van der Waals surface area contributed by atoms with Gasteiger partial charge in [-0.3, -0.25) is 0 Å². The molecule has 0 saturated carbocycles. The first-order chi connectivity index (χ1) is 5.77. The zero-order valence-corrected chi connectivity index (χ0v) is 7.93. The summed E-state index contributed by atoms with van der Waals surface area (Å²) < 4.78 is 0. The molecule has 62 valence electrons. The van der Waals surface area contributed by atoms with Crippen molar-refractivity contribution in [2.45, 2.75) is 19.8 Å². The van der Waals surface area contributed by atoms with Crippen molar-refractivity contribution in [3.63, 3.8) is 0 Å². The molecule has 12 heavy (non-hydrogen) atoms. The van der Waals surface area contributed by atoms with E-state index in [9.17, 15) is 0 Å². The van der Waals surface area contributed by atoms with Crippen LogP contribution in [0.4, 0.5) is 0 Å². The summed E-state index contributed by atoms with van der Waals surface area (Å²) in [7, 11) is 0. The summed E-state index contributed by atoms with van der Waals surface area (Å²) in [4.78, 5) is 9.56. The van der Waals surface area contributed by atoms with Crippen molar-refractivity contribution in [1.82, 2.24) is 9.97 Å². The van der Waals surface area contributed by atoms with Crippen LogP contribution in [0.5, 0.6) is 0 Å². The lowest BCUT2D eigenvalue weighted by atomic mass is 10.1. The number of aromatic nitrogens is 2. The summed E-state index contributed by atoms with van der Waals surface area (Å²) in [6.45, 7) is 4.32. The van der Waals surface area contributed by atoms with Gasteiger partial charge in [0, 0.05) is 6.20 Å². The number of rotatable bonds is 1. The van der Waals surface area contributed by atoms with Gasteiger partial charge in [0.1, 0.15) is 10.3 Å². The summed E-state index contributed by atoms with van der Waals surface area (Å²) >= 11 is 1.59. The van der Waals surface area contributed by atoms with E-state index >= 15 is 0 Å². The van der Waals surface area contributed by atoms with Crippen molar-refractivity contribution in [3.8, 4) is 0 Å². The zero-order chi connectivity index (χ0) is 8.55. The Morgan fingerprint density at radius 2 is 2.17 bits per heavy atom. The van der Waals surface area contributed by atoms with E-state index in [0.29, 0.717) is 5.92 Å². The summed E-state index contributed by atoms with van der Waals surface area (Å²) in [6, 6.07) is 2.11. The van der Waals surface area contributed by atoms with E-state index in [1.807, 2.05) is 11.7 Å². The van der Waals surface area contributed by atoms with E-state index in [0.717, 1.165) is 10.3 Å². The van der Waals surface area contributed by atoms with Gasteiger partial charge >= 0.3 is 0 Å². The Bertz CT molecular complexity index is 392. The molecule has 2 rings (SSSR count). The topological polar surface area (TPSA) is 25.8 Å². The van der Waals surface area contributed by atoms with Gasteiger partial charge in [-0.25, -0.2) is 9.97 Å². The Hall–Kier alpha value is -0.960. The minimum Gasteiger partial charge on any atom is -0.243 e. The second-order valence-electron chi connectivity index (χ2n) is 3.10. The van der Waals surface area contributed by atoms with E-state index in [2.05, 4.69) is 29.9 Å². The van der Waals surface area contributed by atoms with Crippen molar-refractivity contribution >= 4 is 21.7 Å². The smallest absolute Gasteiger partial charge is 0.143 e. The van der Waals surface area contributed by atoms with Crippen molar-refractivity contribution in [1.29, 1.82) is 0 Å². The van der Waals surface area contributed by atoms with Crippen LogP contribution in [0.3, 0.4) is 0 Å². The summed E-state index contributed by atoms with van der Waals surface area (Å²) in [5, 5.41) is 0. The third-order valence-corrected chi connectivity index (χ3v) is 2.62. The van der Waals surface area contributed by atoms with Crippen LogP contribution < -0.4 is 0 Å². The maximum Gasteiger partial charge on any atom is 0.143 e. The Morgan fingerprint density at radius 1 is 1.33 bits per heavy atom. The fourth-order valence-corrected chi connectivity index (χ4v) is 1.70. The molecular weight excluding hydrogens is 168 g/mol. The van der Waals surface area contributed by atoms with E-state index in [4.69, 9.17) is 0 Å². The largest absolute Gasteiger partial charge is 0.243 e.